The van der Waals surface area contributed by atoms with Gasteiger partial charge in [-0.05, 0) is 13.3 Å². The number of rotatable bonds is 5. The van der Waals surface area contributed by atoms with Crippen LogP contribution in [0.2, 0.25) is 0 Å². The van der Waals surface area contributed by atoms with Crippen molar-refractivity contribution in [3.05, 3.63) is 11.8 Å². The van der Waals surface area contributed by atoms with E-state index in [2.05, 4.69) is 15.8 Å². The molecule has 0 unspecified atom stereocenters. The lowest BCUT2D eigenvalue weighted by molar-refractivity contribution is -0.137. The number of carbonyl (C=O) groups is 2. The van der Waals surface area contributed by atoms with E-state index < -0.39 is 12.0 Å². The van der Waals surface area contributed by atoms with E-state index in [1.807, 2.05) is 0 Å². The lowest BCUT2D eigenvalue weighted by Crippen LogP contribution is -2.29. The summed E-state index contributed by atoms with van der Waals surface area (Å²) in [4.78, 5) is 21.4. The Labute approximate surface area is 91.8 Å². The van der Waals surface area contributed by atoms with Crippen molar-refractivity contribution in [3.8, 4) is 0 Å². The maximum atomic E-state index is 11.2. The molecule has 3 N–H and O–H groups in total. The molecule has 1 rings (SSSR count). The largest absolute Gasteiger partial charge is 0.481 e. The van der Waals surface area contributed by atoms with Crippen molar-refractivity contribution in [3.63, 3.8) is 0 Å². The Morgan fingerprint density at radius 3 is 2.88 bits per heavy atom. The number of aromatic nitrogens is 1. The maximum absolute atomic E-state index is 11.2. The van der Waals surface area contributed by atoms with Crippen LogP contribution in [0.15, 0.2) is 10.6 Å². The Morgan fingerprint density at radius 1 is 1.56 bits per heavy atom. The van der Waals surface area contributed by atoms with Crippen LogP contribution < -0.4 is 10.6 Å². The molecule has 1 aromatic rings. The molecule has 1 aromatic heterocycles. The lowest BCUT2D eigenvalue weighted by atomic mass is 10.3. The molecule has 0 aliphatic heterocycles. The minimum Gasteiger partial charge on any atom is -0.481 e. The molecule has 0 aliphatic carbocycles. The second-order valence-electron chi connectivity index (χ2n) is 3.20. The molecule has 0 spiro atoms. The van der Waals surface area contributed by atoms with Crippen molar-refractivity contribution in [2.45, 2.75) is 19.8 Å². The number of nitrogens with one attached hydrogen (secondary N) is 2. The molecule has 1 heterocycles. The molecule has 0 radical (unpaired) electrons. The zero-order chi connectivity index (χ0) is 12.0. The number of hydrogen-bond acceptors (Lipinski definition) is 4. The van der Waals surface area contributed by atoms with E-state index in [4.69, 9.17) is 9.63 Å². The van der Waals surface area contributed by atoms with Crippen molar-refractivity contribution < 1.29 is 19.2 Å². The van der Waals surface area contributed by atoms with Gasteiger partial charge in [-0.1, -0.05) is 5.16 Å². The summed E-state index contributed by atoms with van der Waals surface area (Å²) in [6, 6.07) is 1.15. The summed E-state index contributed by atoms with van der Waals surface area (Å²) in [7, 11) is 0. The summed E-state index contributed by atoms with van der Waals surface area (Å²) in [5.74, 6) is 0.0451. The van der Waals surface area contributed by atoms with Gasteiger partial charge in [0.15, 0.2) is 5.82 Å². The Balaban J connectivity index is 2.18. The van der Waals surface area contributed by atoms with Gasteiger partial charge in [0.2, 0.25) is 0 Å². The fourth-order valence-corrected chi connectivity index (χ4v) is 1.03. The van der Waals surface area contributed by atoms with E-state index in [0.717, 1.165) is 0 Å². The molecule has 0 aromatic carbocycles. The standard InChI is InChI=1S/C9H13N3O4/c1-6-5-7(12-16-6)11-9(15)10-4-2-3-8(13)14/h5H,2-4H2,1H3,(H,13,14)(H2,10,11,12,15). The number of amides is 2. The van der Waals surface area contributed by atoms with Crippen LogP contribution >= 0.6 is 0 Å². The Kier molecular flexibility index (Phi) is 4.31. The van der Waals surface area contributed by atoms with Gasteiger partial charge in [0, 0.05) is 19.0 Å². The third kappa shape index (κ3) is 4.45. The first-order valence-electron chi connectivity index (χ1n) is 4.78. The molecular weight excluding hydrogens is 214 g/mol. The number of aryl methyl sites for hydroxylation is 1. The number of carboxylic acid groups (broad SMARTS) is 1. The molecule has 0 fully saturated rings. The van der Waals surface area contributed by atoms with Crippen molar-refractivity contribution in [1.29, 1.82) is 0 Å². The van der Waals surface area contributed by atoms with Crippen LogP contribution in [0, 0.1) is 6.92 Å². The number of aliphatic carboxylic acids is 1. The van der Waals surface area contributed by atoms with E-state index >= 15 is 0 Å². The van der Waals surface area contributed by atoms with E-state index in [-0.39, 0.29) is 6.42 Å². The summed E-state index contributed by atoms with van der Waals surface area (Å²) in [6.45, 7) is 2.01. The number of carboxylic acids is 1. The number of nitrogens with zero attached hydrogens (tertiary/aromatic N) is 1. The van der Waals surface area contributed by atoms with Crippen LogP contribution in [0.25, 0.3) is 0 Å². The molecule has 88 valence electrons. The summed E-state index contributed by atoms with van der Waals surface area (Å²) >= 11 is 0. The lowest BCUT2D eigenvalue weighted by Gasteiger charge is -2.03. The molecule has 7 heteroatoms. The average Bonchev–Trinajstić information content (AvgIpc) is 2.58. The van der Waals surface area contributed by atoms with Gasteiger partial charge in [0.1, 0.15) is 5.76 Å². The third-order valence-corrected chi connectivity index (χ3v) is 1.72. The predicted molar refractivity (Wildman–Crippen MR) is 55.1 cm³/mol. The highest BCUT2D eigenvalue weighted by Crippen LogP contribution is 2.06. The second kappa shape index (κ2) is 5.74. The first-order chi connectivity index (χ1) is 7.58. The Morgan fingerprint density at radius 2 is 2.31 bits per heavy atom. The van der Waals surface area contributed by atoms with Crippen LogP contribution in [0.4, 0.5) is 10.6 Å². The molecule has 2 amide bonds. The van der Waals surface area contributed by atoms with E-state index in [1.54, 1.807) is 13.0 Å². The number of hydrogen-bond donors (Lipinski definition) is 3. The Bertz CT molecular complexity index is 375. The smallest absolute Gasteiger partial charge is 0.320 e. The van der Waals surface area contributed by atoms with Gasteiger partial charge in [0.25, 0.3) is 0 Å². The molecule has 16 heavy (non-hydrogen) atoms. The van der Waals surface area contributed by atoms with Crippen molar-refractivity contribution in [1.82, 2.24) is 10.5 Å². The van der Waals surface area contributed by atoms with Gasteiger partial charge in [-0.25, -0.2) is 4.79 Å². The van der Waals surface area contributed by atoms with Gasteiger partial charge in [-0.2, -0.15) is 0 Å². The fourth-order valence-electron chi connectivity index (χ4n) is 1.03. The van der Waals surface area contributed by atoms with Gasteiger partial charge >= 0.3 is 12.0 Å². The van der Waals surface area contributed by atoms with Crippen molar-refractivity contribution >= 4 is 17.8 Å². The molecule has 0 saturated carbocycles. The quantitative estimate of drug-likeness (QED) is 0.650. The summed E-state index contributed by atoms with van der Waals surface area (Å²) in [5, 5.41) is 16.9. The van der Waals surface area contributed by atoms with Gasteiger partial charge in [-0.15, -0.1) is 0 Å². The second-order valence-corrected chi connectivity index (χ2v) is 3.20. The van der Waals surface area contributed by atoms with Crippen LogP contribution in [0.5, 0.6) is 0 Å². The molecular formula is C9H13N3O4. The number of carbonyl (C=O) groups excluding carboxylic acids is 1. The van der Waals surface area contributed by atoms with Crippen molar-refractivity contribution in [2.24, 2.45) is 0 Å². The highest BCUT2D eigenvalue weighted by atomic mass is 16.5. The van der Waals surface area contributed by atoms with E-state index in [9.17, 15) is 9.59 Å². The zero-order valence-electron chi connectivity index (χ0n) is 8.82. The van der Waals surface area contributed by atoms with E-state index in [0.29, 0.717) is 24.5 Å². The maximum Gasteiger partial charge on any atom is 0.320 e. The summed E-state index contributed by atoms with van der Waals surface area (Å²) < 4.78 is 4.75. The topological polar surface area (TPSA) is 104 Å². The number of urea groups is 1. The zero-order valence-corrected chi connectivity index (χ0v) is 8.82. The molecule has 7 nitrogen and oxygen atoms in total. The van der Waals surface area contributed by atoms with Gasteiger partial charge in [-0.3, -0.25) is 10.1 Å². The van der Waals surface area contributed by atoms with Gasteiger partial charge in [0.05, 0.1) is 0 Å². The van der Waals surface area contributed by atoms with Crippen LogP contribution in [-0.4, -0.2) is 28.8 Å². The monoisotopic (exact) mass is 227 g/mol. The minimum atomic E-state index is -0.880. The molecule has 0 atom stereocenters. The van der Waals surface area contributed by atoms with Crippen LogP contribution in [-0.2, 0) is 4.79 Å². The SMILES string of the molecule is Cc1cc(NC(=O)NCCCC(=O)O)no1. The summed E-state index contributed by atoms with van der Waals surface area (Å²) in [5.41, 5.74) is 0. The van der Waals surface area contributed by atoms with Crippen molar-refractivity contribution in [2.75, 3.05) is 11.9 Å². The molecule has 0 bridgehead atoms. The van der Waals surface area contributed by atoms with Gasteiger partial charge < -0.3 is 14.9 Å². The van der Waals surface area contributed by atoms with E-state index in [1.165, 1.54) is 0 Å². The first kappa shape index (κ1) is 12.0. The minimum absolute atomic E-state index is 0.0311. The normalized spacial score (nSPS) is 9.81. The summed E-state index contributed by atoms with van der Waals surface area (Å²) in [6.07, 6.45) is 0.421. The highest BCUT2D eigenvalue weighted by molar-refractivity contribution is 5.88. The van der Waals surface area contributed by atoms with Crippen LogP contribution in [0.3, 0.4) is 0 Å². The van der Waals surface area contributed by atoms with Crippen LogP contribution in [0.1, 0.15) is 18.6 Å². The highest BCUT2D eigenvalue weighted by Gasteiger charge is 2.05. The average molecular weight is 227 g/mol. The first-order valence-corrected chi connectivity index (χ1v) is 4.78. The predicted octanol–water partition coefficient (Wildman–Crippen LogP) is 0.969. The molecule has 0 saturated heterocycles. The fraction of sp³-hybridized carbons (Fsp3) is 0.444. The number of anilines is 1. The molecule has 0 aliphatic rings. The Hall–Kier alpha value is -2.05. The third-order valence-electron chi connectivity index (χ3n) is 1.72.